The van der Waals surface area contributed by atoms with Gasteiger partial charge < -0.3 is 9.67 Å². The number of fused-ring (bicyclic) bond motifs is 1. The van der Waals surface area contributed by atoms with Gasteiger partial charge in [-0.15, -0.1) is 11.8 Å². The molecule has 0 aliphatic rings. The summed E-state index contributed by atoms with van der Waals surface area (Å²) in [6.45, 7) is 7.03. The van der Waals surface area contributed by atoms with E-state index in [9.17, 15) is 9.90 Å². The van der Waals surface area contributed by atoms with Crippen molar-refractivity contribution in [1.82, 2.24) is 4.57 Å². The third kappa shape index (κ3) is 5.11. The van der Waals surface area contributed by atoms with Gasteiger partial charge in [0.15, 0.2) is 0 Å². The standard InChI is InChI=1S/C33H30ClNO2S/c1-33(2,3)25-13-8-22(9-14-25)24-12-17-29-28(19-24)30(23-10-15-27(38-4)16-11-23)31(32(36)37)35(29)20-21-6-5-7-26(34)18-21/h5-19H,20H2,1-4H3,(H,36,37). The number of carboxylic acid groups (broad SMARTS) is 1. The molecule has 0 bridgehead atoms. The molecule has 0 unspecified atom stereocenters. The number of aromatic carboxylic acids is 1. The Bertz CT molecular complexity index is 1630. The van der Waals surface area contributed by atoms with Gasteiger partial charge in [-0.05, 0) is 75.9 Å². The van der Waals surface area contributed by atoms with Crippen LogP contribution in [0.1, 0.15) is 42.4 Å². The highest BCUT2D eigenvalue weighted by atomic mass is 35.5. The Morgan fingerprint density at radius 1 is 0.868 bits per heavy atom. The van der Waals surface area contributed by atoms with Gasteiger partial charge in [-0.25, -0.2) is 4.79 Å². The van der Waals surface area contributed by atoms with Crippen LogP contribution in [0.15, 0.2) is 95.9 Å². The molecule has 1 N–H and O–H groups in total. The largest absolute Gasteiger partial charge is 0.477 e. The molecule has 4 aromatic carbocycles. The van der Waals surface area contributed by atoms with Crippen molar-refractivity contribution in [3.63, 3.8) is 0 Å². The van der Waals surface area contributed by atoms with Crippen LogP contribution >= 0.6 is 23.4 Å². The average molecular weight is 540 g/mol. The Labute approximate surface area is 233 Å². The van der Waals surface area contributed by atoms with Crippen LogP contribution in [-0.4, -0.2) is 21.9 Å². The number of halogens is 1. The molecule has 192 valence electrons. The molecule has 0 aliphatic heterocycles. The Morgan fingerprint density at radius 3 is 2.13 bits per heavy atom. The van der Waals surface area contributed by atoms with E-state index in [1.165, 1.54) is 5.56 Å². The summed E-state index contributed by atoms with van der Waals surface area (Å²) in [5.74, 6) is -0.955. The average Bonchev–Trinajstić information content (AvgIpc) is 3.22. The van der Waals surface area contributed by atoms with Crippen molar-refractivity contribution in [1.29, 1.82) is 0 Å². The second-order valence-electron chi connectivity index (χ2n) is 10.5. The molecule has 0 radical (unpaired) electrons. The van der Waals surface area contributed by atoms with E-state index in [0.29, 0.717) is 11.6 Å². The molecule has 0 saturated heterocycles. The van der Waals surface area contributed by atoms with E-state index in [-0.39, 0.29) is 11.1 Å². The normalized spacial score (nSPS) is 11.7. The number of hydrogen-bond donors (Lipinski definition) is 1. The molecule has 5 rings (SSSR count). The van der Waals surface area contributed by atoms with Gasteiger partial charge in [-0.2, -0.15) is 0 Å². The molecular formula is C33H30ClNO2S. The molecule has 0 spiro atoms. The highest BCUT2D eigenvalue weighted by Crippen LogP contribution is 2.39. The van der Waals surface area contributed by atoms with Gasteiger partial charge in [0, 0.05) is 32.9 Å². The third-order valence-electron chi connectivity index (χ3n) is 6.96. The van der Waals surface area contributed by atoms with Gasteiger partial charge in [0.2, 0.25) is 0 Å². The first kappa shape index (κ1) is 26.1. The van der Waals surface area contributed by atoms with Crippen LogP contribution in [0.5, 0.6) is 0 Å². The maximum Gasteiger partial charge on any atom is 0.353 e. The number of carboxylic acids is 1. The summed E-state index contributed by atoms with van der Waals surface area (Å²) in [4.78, 5) is 13.9. The first-order chi connectivity index (χ1) is 18.2. The fourth-order valence-corrected chi connectivity index (χ4v) is 5.57. The minimum atomic E-state index is -0.955. The molecule has 38 heavy (non-hydrogen) atoms. The summed E-state index contributed by atoms with van der Waals surface area (Å²) in [5.41, 5.74) is 7.22. The number of nitrogens with zero attached hydrogens (tertiary/aromatic N) is 1. The number of rotatable bonds is 6. The maximum absolute atomic E-state index is 12.8. The lowest BCUT2D eigenvalue weighted by Gasteiger charge is -2.19. The van der Waals surface area contributed by atoms with Gasteiger partial charge in [0.25, 0.3) is 0 Å². The zero-order valence-corrected chi connectivity index (χ0v) is 23.5. The molecule has 0 aliphatic carbocycles. The van der Waals surface area contributed by atoms with Crippen molar-refractivity contribution < 1.29 is 9.90 Å². The van der Waals surface area contributed by atoms with Crippen LogP contribution in [0.2, 0.25) is 5.02 Å². The van der Waals surface area contributed by atoms with Crippen LogP contribution in [-0.2, 0) is 12.0 Å². The second-order valence-corrected chi connectivity index (χ2v) is 11.8. The SMILES string of the molecule is CSc1ccc(-c2c(C(=O)O)n(Cc3cccc(Cl)c3)c3ccc(-c4ccc(C(C)(C)C)cc4)cc23)cc1. The molecule has 0 fully saturated rings. The molecule has 0 amide bonds. The predicted octanol–water partition coefficient (Wildman–Crippen LogP) is 9.39. The van der Waals surface area contributed by atoms with Gasteiger partial charge in [-0.3, -0.25) is 0 Å². The maximum atomic E-state index is 12.8. The summed E-state index contributed by atoms with van der Waals surface area (Å²) in [7, 11) is 0. The van der Waals surface area contributed by atoms with E-state index in [1.807, 2.05) is 65.4 Å². The van der Waals surface area contributed by atoms with Gasteiger partial charge >= 0.3 is 5.97 Å². The van der Waals surface area contributed by atoms with Crippen LogP contribution in [0, 0.1) is 0 Å². The Hall–Kier alpha value is -3.47. The molecule has 0 atom stereocenters. The Morgan fingerprint density at radius 2 is 1.53 bits per heavy atom. The van der Waals surface area contributed by atoms with Gasteiger partial charge in [0.05, 0.1) is 0 Å². The first-order valence-corrected chi connectivity index (χ1v) is 14.2. The van der Waals surface area contributed by atoms with Crippen molar-refractivity contribution in [3.8, 4) is 22.3 Å². The van der Waals surface area contributed by atoms with Crippen LogP contribution in [0.25, 0.3) is 33.2 Å². The van der Waals surface area contributed by atoms with E-state index in [2.05, 4.69) is 57.2 Å². The molecule has 1 aromatic heterocycles. The summed E-state index contributed by atoms with van der Waals surface area (Å²) in [5, 5.41) is 12.0. The lowest BCUT2D eigenvalue weighted by Crippen LogP contribution is -2.10. The van der Waals surface area contributed by atoms with E-state index >= 15 is 0 Å². The fraction of sp³-hybridized carbons (Fsp3) is 0.182. The fourth-order valence-electron chi connectivity index (χ4n) is 4.95. The lowest BCUT2D eigenvalue weighted by atomic mass is 9.86. The van der Waals surface area contributed by atoms with Gasteiger partial charge in [-0.1, -0.05) is 87.0 Å². The van der Waals surface area contributed by atoms with Crippen molar-refractivity contribution >= 4 is 40.2 Å². The second kappa shape index (κ2) is 10.4. The van der Waals surface area contributed by atoms with Crippen LogP contribution in [0.4, 0.5) is 0 Å². The summed E-state index contributed by atoms with van der Waals surface area (Å²) >= 11 is 7.93. The third-order valence-corrected chi connectivity index (χ3v) is 7.94. The van der Waals surface area contributed by atoms with Crippen LogP contribution < -0.4 is 0 Å². The zero-order chi connectivity index (χ0) is 27.0. The Balaban J connectivity index is 1.74. The van der Waals surface area contributed by atoms with E-state index in [4.69, 9.17) is 11.6 Å². The monoisotopic (exact) mass is 539 g/mol. The smallest absolute Gasteiger partial charge is 0.353 e. The molecule has 1 heterocycles. The number of hydrogen-bond acceptors (Lipinski definition) is 2. The van der Waals surface area contributed by atoms with Crippen LogP contribution in [0.3, 0.4) is 0 Å². The number of aromatic nitrogens is 1. The van der Waals surface area contributed by atoms with Crippen molar-refractivity contribution in [2.45, 2.75) is 37.6 Å². The quantitative estimate of drug-likeness (QED) is 0.218. The molecule has 3 nitrogen and oxygen atoms in total. The number of carbonyl (C=O) groups is 1. The van der Waals surface area contributed by atoms with E-state index < -0.39 is 5.97 Å². The molecule has 0 saturated carbocycles. The summed E-state index contributed by atoms with van der Waals surface area (Å²) in [6.07, 6.45) is 2.03. The topological polar surface area (TPSA) is 42.2 Å². The Kier molecular flexibility index (Phi) is 7.13. The van der Waals surface area contributed by atoms with Crippen molar-refractivity contribution in [2.24, 2.45) is 0 Å². The zero-order valence-electron chi connectivity index (χ0n) is 22.0. The van der Waals surface area contributed by atoms with Gasteiger partial charge in [0.1, 0.15) is 5.69 Å². The summed E-state index contributed by atoms with van der Waals surface area (Å²) < 4.78 is 1.90. The van der Waals surface area contributed by atoms with E-state index in [0.717, 1.165) is 43.6 Å². The first-order valence-electron chi connectivity index (χ1n) is 12.5. The number of benzene rings is 4. The minimum Gasteiger partial charge on any atom is -0.477 e. The predicted molar refractivity (Wildman–Crippen MR) is 161 cm³/mol. The highest BCUT2D eigenvalue weighted by Gasteiger charge is 2.24. The minimum absolute atomic E-state index is 0.0759. The lowest BCUT2D eigenvalue weighted by molar-refractivity contribution is 0.0687. The highest BCUT2D eigenvalue weighted by molar-refractivity contribution is 7.98. The molecule has 5 heteroatoms. The molecular weight excluding hydrogens is 510 g/mol. The van der Waals surface area contributed by atoms with Crippen molar-refractivity contribution in [3.05, 3.63) is 113 Å². The number of thioether (sulfide) groups is 1. The van der Waals surface area contributed by atoms with Crippen molar-refractivity contribution in [2.75, 3.05) is 6.26 Å². The molecule has 5 aromatic rings. The van der Waals surface area contributed by atoms with E-state index in [1.54, 1.807) is 11.8 Å². The summed E-state index contributed by atoms with van der Waals surface area (Å²) in [6, 6.07) is 30.6.